The van der Waals surface area contributed by atoms with Crippen LogP contribution in [-0.2, 0) is 4.79 Å². The van der Waals surface area contributed by atoms with Crippen molar-refractivity contribution in [3.8, 4) is 17.1 Å². The maximum atomic E-state index is 12.7. The number of piperazine rings is 1. The van der Waals surface area contributed by atoms with Crippen molar-refractivity contribution in [1.82, 2.24) is 29.5 Å². The van der Waals surface area contributed by atoms with Crippen molar-refractivity contribution < 1.29 is 9.90 Å². The monoisotopic (exact) mass is 482 g/mol. The maximum absolute atomic E-state index is 12.7. The number of hydrogen-bond acceptors (Lipinski definition) is 7. The van der Waals surface area contributed by atoms with E-state index in [4.69, 9.17) is 0 Å². The van der Waals surface area contributed by atoms with Gasteiger partial charge in [-0.2, -0.15) is 5.10 Å². The molecule has 0 aliphatic carbocycles. The van der Waals surface area contributed by atoms with E-state index in [2.05, 4.69) is 44.1 Å². The number of fused-ring (bicyclic) bond motifs is 2. The molecule has 0 saturated carbocycles. The number of hydrogen-bond donors (Lipinski definition) is 3. The molecule has 0 radical (unpaired) electrons. The van der Waals surface area contributed by atoms with Gasteiger partial charge in [0.2, 0.25) is 5.91 Å². The predicted molar refractivity (Wildman–Crippen MR) is 139 cm³/mol. The molecule has 4 heterocycles. The normalized spacial score (nSPS) is 14.9. The van der Waals surface area contributed by atoms with E-state index in [0.717, 1.165) is 39.9 Å². The van der Waals surface area contributed by atoms with E-state index < -0.39 is 0 Å². The maximum Gasteiger partial charge on any atom is 0.241 e. The van der Waals surface area contributed by atoms with Crippen molar-refractivity contribution in [2.45, 2.75) is 19.9 Å². The number of carbonyl (C=O) groups is 1. The summed E-state index contributed by atoms with van der Waals surface area (Å²) < 4.78 is 1.74. The van der Waals surface area contributed by atoms with E-state index in [-0.39, 0.29) is 11.8 Å². The van der Waals surface area contributed by atoms with Crippen LogP contribution in [0.4, 0.5) is 17.2 Å². The number of nitrogens with one attached hydrogen (secondary N) is 2. The lowest BCUT2D eigenvalue weighted by molar-refractivity contribution is -0.121. The second kappa shape index (κ2) is 8.65. The number of aromatic amines is 1. The number of H-pyrrole nitrogens is 1. The standard InChI is InChI=1S/C26H26N8O2/c1-16(2)32-9-10-33(23(35)14-32)20-6-4-19(5-7-20)31-24-25-29-15-30-34(25)22(13-27-24)17-3-8-21-18(11-17)12-28-26(21)36/h3-8,11-13,15-16,28,36H,9-10,14H2,1-2H3,(H,27,31). The number of rotatable bonds is 5. The SMILES string of the molecule is CC(C)N1CCN(c2ccc(Nc3ncc(-c4ccc5c(O)[nH]cc5c4)n4ncnc34)cc2)C(=O)C1. The molecule has 3 N–H and O–H groups in total. The summed E-state index contributed by atoms with van der Waals surface area (Å²) in [7, 11) is 0. The Labute approximate surface area is 207 Å². The summed E-state index contributed by atoms with van der Waals surface area (Å²) in [6, 6.07) is 13.9. The van der Waals surface area contributed by atoms with Crippen LogP contribution in [0.1, 0.15) is 13.8 Å². The van der Waals surface area contributed by atoms with Gasteiger partial charge in [0.05, 0.1) is 18.4 Å². The first-order valence-corrected chi connectivity index (χ1v) is 11.9. The summed E-state index contributed by atoms with van der Waals surface area (Å²) in [5.41, 5.74) is 4.00. The third kappa shape index (κ3) is 3.81. The molecule has 1 fully saturated rings. The number of amides is 1. The Morgan fingerprint density at radius 3 is 2.69 bits per heavy atom. The van der Waals surface area contributed by atoms with E-state index in [1.54, 1.807) is 16.9 Å². The van der Waals surface area contributed by atoms with Crippen molar-refractivity contribution in [1.29, 1.82) is 0 Å². The van der Waals surface area contributed by atoms with Crippen molar-refractivity contribution >= 4 is 39.5 Å². The van der Waals surface area contributed by atoms with Gasteiger partial charge in [0.25, 0.3) is 0 Å². The van der Waals surface area contributed by atoms with Crippen LogP contribution in [0.15, 0.2) is 61.2 Å². The Balaban J connectivity index is 1.24. The second-order valence-corrected chi connectivity index (χ2v) is 9.21. The van der Waals surface area contributed by atoms with E-state index in [9.17, 15) is 9.90 Å². The lowest BCUT2D eigenvalue weighted by atomic mass is 10.1. The number of aromatic hydroxyl groups is 1. The van der Waals surface area contributed by atoms with Crippen LogP contribution in [-0.4, -0.2) is 66.2 Å². The lowest BCUT2D eigenvalue weighted by Gasteiger charge is -2.36. The molecule has 1 aliphatic heterocycles. The fraction of sp³-hybridized carbons (Fsp3) is 0.231. The molecule has 10 nitrogen and oxygen atoms in total. The van der Waals surface area contributed by atoms with E-state index in [1.165, 1.54) is 6.33 Å². The minimum atomic E-state index is 0.117. The van der Waals surface area contributed by atoms with E-state index >= 15 is 0 Å². The van der Waals surface area contributed by atoms with Crippen LogP contribution in [0.25, 0.3) is 27.7 Å². The molecule has 36 heavy (non-hydrogen) atoms. The second-order valence-electron chi connectivity index (χ2n) is 9.21. The van der Waals surface area contributed by atoms with Crippen LogP contribution < -0.4 is 10.2 Å². The van der Waals surface area contributed by atoms with Crippen molar-refractivity contribution in [2.24, 2.45) is 0 Å². The highest BCUT2D eigenvalue weighted by atomic mass is 16.3. The van der Waals surface area contributed by atoms with E-state index in [0.29, 0.717) is 30.6 Å². The van der Waals surface area contributed by atoms with Crippen LogP contribution in [0.3, 0.4) is 0 Å². The first kappa shape index (κ1) is 22.1. The van der Waals surface area contributed by atoms with Gasteiger partial charge in [0, 0.05) is 53.0 Å². The quantitative estimate of drug-likeness (QED) is 0.349. The van der Waals surface area contributed by atoms with Crippen LogP contribution in [0.2, 0.25) is 0 Å². The Morgan fingerprint density at radius 2 is 1.92 bits per heavy atom. The number of benzene rings is 2. The molecule has 0 atom stereocenters. The molecule has 3 aromatic heterocycles. The molecule has 6 rings (SSSR count). The minimum absolute atomic E-state index is 0.117. The largest absolute Gasteiger partial charge is 0.494 e. The third-order valence-corrected chi connectivity index (χ3v) is 6.69. The number of nitrogens with zero attached hydrogens (tertiary/aromatic N) is 6. The summed E-state index contributed by atoms with van der Waals surface area (Å²) in [5.74, 6) is 0.838. The zero-order chi connectivity index (χ0) is 24.8. The Bertz CT molecular complexity index is 1570. The third-order valence-electron chi connectivity index (χ3n) is 6.69. The fourth-order valence-electron chi connectivity index (χ4n) is 4.65. The smallest absolute Gasteiger partial charge is 0.241 e. The highest BCUT2D eigenvalue weighted by Crippen LogP contribution is 2.30. The molecule has 10 heteroatoms. The molecule has 0 unspecified atom stereocenters. The summed E-state index contributed by atoms with van der Waals surface area (Å²) in [4.78, 5) is 28.5. The molecular weight excluding hydrogens is 456 g/mol. The highest BCUT2D eigenvalue weighted by molar-refractivity contribution is 5.96. The molecule has 1 amide bonds. The van der Waals surface area contributed by atoms with Gasteiger partial charge in [0.1, 0.15) is 6.33 Å². The fourth-order valence-corrected chi connectivity index (χ4v) is 4.65. The topological polar surface area (TPSA) is 115 Å². The summed E-state index contributed by atoms with van der Waals surface area (Å²) in [6.07, 6.45) is 5.01. The van der Waals surface area contributed by atoms with Gasteiger partial charge in [0.15, 0.2) is 17.3 Å². The van der Waals surface area contributed by atoms with Crippen LogP contribution >= 0.6 is 0 Å². The molecule has 1 saturated heterocycles. The number of aromatic nitrogens is 5. The summed E-state index contributed by atoms with van der Waals surface area (Å²) in [6.45, 7) is 6.21. The van der Waals surface area contributed by atoms with Crippen molar-refractivity contribution in [3.63, 3.8) is 0 Å². The van der Waals surface area contributed by atoms with Crippen LogP contribution in [0, 0.1) is 0 Å². The molecule has 2 aromatic carbocycles. The molecule has 0 bridgehead atoms. The molecule has 0 spiro atoms. The Hall–Kier alpha value is -4.44. The molecule has 5 aromatic rings. The molecule has 1 aliphatic rings. The van der Waals surface area contributed by atoms with Crippen molar-refractivity contribution in [2.75, 3.05) is 29.9 Å². The summed E-state index contributed by atoms with van der Waals surface area (Å²) >= 11 is 0. The minimum Gasteiger partial charge on any atom is -0.494 e. The van der Waals surface area contributed by atoms with Gasteiger partial charge >= 0.3 is 0 Å². The van der Waals surface area contributed by atoms with Gasteiger partial charge in [-0.3, -0.25) is 9.69 Å². The first-order valence-electron chi connectivity index (χ1n) is 11.9. The average Bonchev–Trinajstić information content (AvgIpc) is 3.52. The zero-order valence-electron chi connectivity index (χ0n) is 20.0. The van der Waals surface area contributed by atoms with Gasteiger partial charge < -0.3 is 20.3 Å². The summed E-state index contributed by atoms with van der Waals surface area (Å²) in [5, 5.41) is 19.3. The Morgan fingerprint density at radius 1 is 1.08 bits per heavy atom. The molecule has 182 valence electrons. The van der Waals surface area contributed by atoms with Gasteiger partial charge in [-0.15, -0.1) is 0 Å². The number of carbonyl (C=O) groups excluding carboxylic acids is 1. The first-order chi connectivity index (χ1) is 17.5. The van der Waals surface area contributed by atoms with Crippen molar-refractivity contribution in [3.05, 3.63) is 61.2 Å². The van der Waals surface area contributed by atoms with Crippen LogP contribution in [0.5, 0.6) is 5.88 Å². The predicted octanol–water partition coefficient (Wildman–Crippen LogP) is 3.78. The molecular formula is C26H26N8O2. The Kier molecular flexibility index (Phi) is 5.30. The van der Waals surface area contributed by atoms with E-state index in [1.807, 2.05) is 47.4 Å². The van der Waals surface area contributed by atoms with Gasteiger partial charge in [-0.1, -0.05) is 6.07 Å². The van der Waals surface area contributed by atoms with Gasteiger partial charge in [-0.05, 0) is 50.2 Å². The average molecular weight is 483 g/mol. The highest BCUT2D eigenvalue weighted by Gasteiger charge is 2.26. The van der Waals surface area contributed by atoms with Gasteiger partial charge in [-0.25, -0.2) is 14.5 Å². The lowest BCUT2D eigenvalue weighted by Crippen LogP contribution is -2.52. The zero-order valence-corrected chi connectivity index (χ0v) is 20.0. The number of anilines is 3.